The van der Waals surface area contributed by atoms with Crippen molar-refractivity contribution in [3.63, 3.8) is 0 Å². The lowest BCUT2D eigenvalue weighted by Crippen LogP contribution is -2.41. The Hall–Kier alpha value is -0.805. The summed E-state index contributed by atoms with van der Waals surface area (Å²) in [5.74, 6) is -0.963. The molecule has 1 aliphatic carbocycles. The Bertz CT molecular complexity index is 370. The first-order valence-electron chi connectivity index (χ1n) is 6.50. The molecule has 0 spiro atoms. The average molecular weight is 252 g/mol. The number of rotatable bonds is 2. The lowest BCUT2D eigenvalue weighted by molar-refractivity contribution is -0.141. The Labute approximate surface area is 108 Å². The number of hydrogen-bond donors (Lipinski definition) is 1. The molecular weight excluding hydrogens is 231 g/mol. The average Bonchev–Trinajstić information content (AvgIpc) is 2.48. The zero-order valence-electron chi connectivity index (χ0n) is 11.5. The third-order valence-electron chi connectivity index (χ3n) is 4.35. The van der Waals surface area contributed by atoms with Crippen molar-refractivity contribution in [2.75, 3.05) is 0 Å². The van der Waals surface area contributed by atoms with Crippen LogP contribution < -0.4 is 0 Å². The molecule has 100 valence electrons. The van der Waals surface area contributed by atoms with Crippen molar-refractivity contribution < 1.29 is 19.2 Å². The Balaban J connectivity index is 2.06. The second-order valence-corrected chi connectivity index (χ2v) is 6.18. The van der Waals surface area contributed by atoms with Gasteiger partial charge in [-0.15, -0.1) is 0 Å². The molecule has 1 N–H and O–H groups in total. The number of carboxylic acid groups (broad SMARTS) is 1. The van der Waals surface area contributed by atoms with Gasteiger partial charge in [-0.1, -0.05) is 6.08 Å². The predicted octanol–water partition coefficient (Wildman–Crippen LogP) is 2.43. The van der Waals surface area contributed by atoms with Crippen LogP contribution in [-0.4, -0.2) is 29.4 Å². The highest BCUT2D eigenvalue weighted by Gasteiger charge is 2.52. The van der Waals surface area contributed by atoms with Crippen molar-refractivity contribution in [2.24, 2.45) is 5.92 Å². The minimum atomic E-state index is -0.709. The Morgan fingerprint density at radius 2 is 1.89 bits per heavy atom. The number of carboxylic acids is 1. The molecule has 1 fully saturated rings. The number of allylic oxidation sites excluding steroid dienone is 2. The molecule has 0 radical (unpaired) electrons. The molecule has 0 amide bonds. The molecular formula is C13H21BO4. The van der Waals surface area contributed by atoms with Gasteiger partial charge in [0.1, 0.15) is 0 Å². The molecule has 1 atom stereocenters. The SMILES string of the molecule is CC1(C)OB(C2=CC[C@@H](C(=O)O)CC2)OC1(C)C. The maximum atomic E-state index is 10.9. The normalized spacial score (nSPS) is 30.1. The fraction of sp³-hybridized carbons (Fsp3) is 0.769. The van der Waals surface area contributed by atoms with E-state index in [9.17, 15) is 4.79 Å². The summed E-state index contributed by atoms with van der Waals surface area (Å²) in [5.41, 5.74) is 0.427. The van der Waals surface area contributed by atoms with E-state index in [1.54, 1.807) is 0 Å². The van der Waals surface area contributed by atoms with Crippen LogP contribution in [0.15, 0.2) is 11.5 Å². The number of hydrogen-bond acceptors (Lipinski definition) is 3. The van der Waals surface area contributed by atoms with Crippen LogP contribution in [0.3, 0.4) is 0 Å². The minimum absolute atomic E-state index is 0.254. The molecule has 5 heteroatoms. The summed E-state index contributed by atoms with van der Waals surface area (Å²) in [4.78, 5) is 10.9. The van der Waals surface area contributed by atoms with Gasteiger partial charge in [-0.05, 0) is 52.4 Å². The summed E-state index contributed by atoms with van der Waals surface area (Å²) in [7, 11) is -0.315. The fourth-order valence-electron chi connectivity index (χ4n) is 2.29. The first-order valence-corrected chi connectivity index (χ1v) is 6.50. The Kier molecular flexibility index (Phi) is 3.32. The van der Waals surface area contributed by atoms with Crippen molar-refractivity contribution in [3.8, 4) is 0 Å². The fourth-order valence-corrected chi connectivity index (χ4v) is 2.29. The highest BCUT2D eigenvalue weighted by atomic mass is 16.7. The molecule has 1 saturated heterocycles. The Morgan fingerprint density at radius 1 is 1.33 bits per heavy atom. The lowest BCUT2D eigenvalue weighted by Gasteiger charge is -2.32. The minimum Gasteiger partial charge on any atom is -0.481 e. The predicted molar refractivity (Wildman–Crippen MR) is 69.1 cm³/mol. The van der Waals surface area contributed by atoms with E-state index in [0.29, 0.717) is 12.8 Å². The standard InChI is InChI=1S/C13H21BO4/c1-12(2)13(3,4)18-14(17-12)10-7-5-9(6-8-10)11(15)16/h7,9H,5-6,8H2,1-4H3,(H,15,16)/t9-/m1/s1. The number of carbonyl (C=O) groups is 1. The van der Waals surface area contributed by atoms with E-state index in [2.05, 4.69) is 0 Å². The highest BCUT2D eigenvalue weighted by molar-refractivity contribution is 6.54. The van der Waals surface area contributed by atoms with Gasteiger partial charge in [-0.25, -0.2) is 0 Å². The van der Waals surface area contributed by atoms with Crippen LogP contribution in [0.1, 0.15) is 47.0 Å². The molecule has 1 heterocycles. The van der Waals surface area contributed by atoms with Crippen molar-refractivity contribution >= 4 is 13.1 Å². The molecule has 4 nitrogen and oxygen atoms in total. The van der Waals surface area contributed by atoms with Crippen LogP contribution in [0.4, 0.5) is 0 Å². The summed E-state index contributed by atoms with van der Waals surface area (Å²) < 4.78 is 11.9. The molecule has 2 rings (SSSR count). The van der Waals surface area contributed by atoms with Crippen molar-refractivity contribution in [3.05, 3.63) is 11.5 Å². The van der Waals surface area contributed by atoms with Gasteiger partial charge < -0.3 is 14.4 Å². The quantitative estimate of drug-likeness (QED) is 0.767. The summed E-state index contributed by atoms with van der Waals surface area (Å²) >= 11 is 0. The summed E-state index contributed by atoms with van der Waals surface area (Å²) in [6, 6.07) is 0. The zero-order chi connectivity index (χ0) is 13.6. The third-order valence-corrected chi connectivity index (χ3v) is 4.35. The highest BCUT2D eigenvalue weighted by Crippen LogP contribution is 2.40. The van der Waals surface area contributed by atoms with Crippen LogP contribution in [0.25, 0.3) is 0 Å². The second kappa shape index (κ2) is 4.39. The van der Waals surface area contributed by atoms with Gasteiger partial charge in [0.25, 0.3) is 0 Å². The van der Waals surface area contributed by atoms with Crippen LogP contribution in [0, 0.1) is 5.92 Å². The first-order chi connectivity index (χ1) is 8.23. The van der Waals surface area contributed by atoms with Gasteiger partial charge in [0.15, 0.2) is 0 Å². The van der Waals surface area contributed by atoms with E-state index in [1.165, 1.54) is 0 Å². The van der Waals surface area contributed by atoms with Crippen molar-refractivity contribution in [2.45, 2.75) is 58.2 Å². The van der Waals surface area contributed by atoms with E-state index in [4.69, 9.17) is 14.4 Å². The maximum Gasteiger partial charge on any atom is 0.490 e. The topological polar surface area (TPSA) is 55.8 Å². The Morgan fingerprint density at radius 3 is 2.28 bits per heavy atom. The van der Waals surface area contributed by atoms with Crippen molar-refractivity contribution in [1.29, 1.82) is 0 Å². The van der Waals surface area contributed by atoms with E-state index >= 15 is 0 Å². The molecule has 0 saturated carbocycles. The van der Waals surface area contributed by atoms with E-state index < -0.39 is 5.97 Å². The van der Waals surface area contributed by atoms with Gasteiger partial charge in [-0.2, -0.15) is 0 Å². The van der Waals surface area contributed by atoms with E-state index in [0.717, 1.165) is 11.9 Å². The molecule has 0 unspecified atom stereocenters. The zero-order valence-corrected chi connectivity index (χ0v) is 11.5. The molecule has 0 bridgehead atoms. The van der Waals surface area contributed by atoms with Gasteiger partial charge in [-0.3, -0.25) is 4.79 Å². The van der Waals surface area contributed by atoms with E-state index in [-0.39, 0.29) is 24.2 Å². The van der Waals surface area contributed by atoms with Crippen molar-refractivity contribution in [1.82, 2.24) is 0 Å². The monoisotopic (exact) mass is 252 g/mol. The first kappa shape index (κ1) is 13.6. The molecule has 18 heavy (non-hydrogen) atoms. The summed E-state index contributed by atoms with van der Waals surface area (Å²) in [5, 5.41) is 8.96. The number of aliphatic carboxylic acids is 1. The second-order valence-electron chi connectivity index (χ2n) is 6.18. The van der Waals surface area contributed by atoms with Crippen LogP contribution in [0.2, 0.25) is 0 Å². The summed E-state index contributed by atoms with van der Waals surface area (Å²) in [6.07, 6.45) is 3.97. The van der Waals surface area contributed by atoms with Gasteiger partial charge in [0.05, 0.1) is 17.1 Å². The molecule has 2 aliphatic rings. The van der Waals surface area contributed by atoms with Crippen LogP contribution >= 0.6 is 0 Å². The van der Waals surface area contributed by atoms with Crippen LogP contribution in [-0.2, 0) is 14.1 Å². The lowest BCUT2D eigenvalue weighted by atomic mass is 9.70. The third kappa shape index (κ3) is 2.34. The van der Waals surface area contributed by atoms with Gasteiger partial charge in [0.2, 0.25) is 0 Å². The largest absolute Gasteiger partial charge is 0.490 e. The smallest absolute Gasteiger partial charge is 0.481 e. The summed E-state index contributed by atoms with van der Waals surface area (Å²) in [6.45, 7) is 8.10. The van der Waals surface area contributed by atoms with Gasteiger partial charge >= 0.3 is 13.1 Å². The molecule has 0 aromatic rings. The maximum absolute atomic E-state index is 10.9. The van der Waals surface area contributed by atoms with E-state index in [1.807, 2.05) is 33.8 Å². The molecule has 0 aromatic carbocycles. The van der Waals surface area contributed by atoms with Gasteiger partial charge in [0, 0.05) is 0 Å². The van der Waals surface area contributed by atoms with Crippen LogP contribution in [0.5, 0.6) is 0 Å². The molecule has 0 aromatic heterocycles. The molecule has 1 aliphatic heterocycles.